The molecule has 0 bridgehead atoms. The van der Waals surface area contributed by atoms with Crippen LogP contribution in [0, 0.1) is 0 Å². The largest absolute Gasteiger partial charge is 0.410 e. The van der Waals surface area contributed by atoms with Crippen molar-refractivity contribution in [1.82, 2.24) is 0 Å². The second-order valence-corrected chi connectivity index (χ2v) is 7.01. The van der Waals surface area contributed by atoms with Crippen molar-refractivity contribution >= 4 is 19.7 Å². The maximum Gasteiger partial charge on any atom is 0.410 e. The van der Waals surface area contributed by atoms with E-state index in [1.54, 1.807) is 6.07 Å². The first-order chi connectivity index (χ1) is 8.21. The molecule has 1 aromatic rings. The number of halogens is 4. The van der Waals surface area contributed by atoms with E-state index < -0.39 is 20.5 Å². The molecule has 0 amide bonds. The van der Waals surface area contributed by atoms with E-state index >= 15 is 0 Å². The Morgan fingerprint density at radius 3 is 2.22 bits per heavy atom. The molecule has 0 radical (unpaired) electrons. The molecule has 1 atom stereocenters. The van der Waals surface area contributed by atoms with Gasteiger partial charge in [0.05, 0.1) is 0 Å². The van der Waals surface area contributed by atoms with Crippen molar-refractivity contribution in [3.8, 4) is 0 Å². The Labute approximate surface area is 107 Å². The third-order valence-corrected chi connectivity index (χ3v) is 4.49. The number of hydrogen-bond acceptors (Lipinski definition) is 2. The fourth-order valence-corrected chi connectivity index (χ4v) is 3.43. The number of rotatable bonds is 3. The van der Waals surface area contributed by atoms with Crippen molar-refractivity contribution in [2.45, 2.75) is 30.2 Å². The smallest absolute Gasteiger partial charge is 0.211 e. The van der Waals surface area contributed by atoms with E-state index in [0.29, 0.717) is 5.56 Å². The lowest BCUT2D eigenvalue weighted by molar-refractivity contribution is -0.131. The Hall–Kier alpha value is -0.750. The molecule has 18 heavy (non-hydrogen) atoms. The fraction of sp³-hybridized carbons (Fsp3) is 0.455. The van der Waals surface area contributed by atoms with E-state index in [1.807, 2.05) is 0 Å². The molecule has 1 aliphatic carbocycles. The number of benzene rings is 1. The average molecular weight is 299 g/mol. The molecule has 1 saturated carbocycles. The molecule has 0 aliphatic heterocycles. The lowest BCUT2D eigenvalue weighted by Crippen LogP contribution is -2.26. The van der Waals surface area contributed by atoms with Crippen LogP contribution in [-0.2, 0) is 9.05 Å². The lowest BCUT2D eigenvalue weighted by Gasteiger charge is -2.20. The summed E-state index contributed by atoms with van der Waals surface area (Å²) in [5.74, 6) is 0.0180. The van der Waals surface area contributed by atoms with Gasteiger partial charge in [-0.25, -0.2) is 8.42 Å². The van der Waals surface area contributed by atoms with Gasteiger partial charge in [-0.1, -0.05) is 24.3 Å². The molecule has 7 heteroatoms. The average Bonchev–Trinajstić information content (AvgIpc) is 2.97. The van der Waals surface area contributed by atoms with Crippen LogP contribution in [0.5, 0.6) is 0 Å². The van der Waals surface area contributed by atoms with Crippen LogP contribution in [0.15, 0.2) is 24.3 Å². The number of alkyl halides is 3. The highest BCUT2D eigenvalue weighted by atomic mass is 35.7. The standard InChI is InChI=1S/C11H10ClF3O2S/c12-18(16,17)10(11(13,14)15)9-4-2-1-3-8(9)7-5-6-7/h1-4,7,10H,5-6H2. The maximum absolute atomic E-state index is 12.9. The Bertz CT molecular complexity index is 550. The van der Waals surface area contributed by atoms with Crippen molar-refractivity contribution in [3.63, 3.8) is 0 Å². The molecule has 0 saturated heterocycles. The summed E-state index contributed by atoms with van der Waals surface area (Å²) in [6.45, 7) is 0. The Kier molecular flexibility index (Phi) is 3.36. The molecule has 0 aromatic heterocycles. The van der Waals surface area contributed by atoms with Crippen LogP contribution in [0.1, 0.15) is 35.1 Å². The summed E-state index contributed by atoms with van der Waals surface area (Å²) in [7, 11) is 0.211. The van der Waals surface area contributed by atoms with Crippen LogP contribution < -0.4 is 0 Å². The predicted octanol–water partition coefficient (Wildman–Crippen LogP) is 3.74. The minimum absolute atomic E-state index is 0.0180. The van der Waals surface area contributed by atoms with Crippen LogP contribution >= 0.6 is 10.7 Å². The molecule has 1 unspecified atom stereocenters. The second-order valence-electron chi connectivity index (χ2n) is 4.30. The fourth-order valence-electron chi connectivity index (χ4n) is 2.00. The molecule has 0 spiro atoms. The first kappa shape index (κ1) is 13.7. The molecule has 1 aliphatic rings. The van der Waals surface area contributed by atoms with Gasteiger partial charge in [-0.15, -0.1) is 0 Å². The van der Waals surface area contributed by atoms with Crippen LogP contribution in [0.3, 0.4) is 0 Å². The Balaban J connectivity index is 2.56. The van der Waals surface area contributed by atoms with E-state index in [1.165, 1.54) is 18.2 Å². The van der Waals surface area contributed by atoms with Crippen molar-refractivity contribution < 1.29 is 21.6 Å². The summed E-state index contributed by atoms with van der Waals surface area (Å²) in [6, 6.07) is 5.72. The molecule has 1 fully saturated rings. The lowest BCUT2D eigenvalue weighted by atomic mass is 10.0. The zero-order chi connectivity index (χ0) is 13.6. The van der Waals surface area contributed by atoms with Gasteiger partial charge in [-0.3, -0.25) is 0 Å². The minimum atomic E-state index is -4.91. The first-order valence-electron chi connectivity index (χ1n) is 5.30. The van der Waals surface area contributed by atoms with Gasteiger partial charge in [-0.2, -0.15) is 13.2 Å². The highest BCUT2D eigenvalue weighted by Crippen LogP contribution is 2.48. The second kappa shape index (κ2) is 4.42. The molecular weight excluding hydrogens is 289 g/mol. The Morgan fingerprint density at radius 1 is 1.22 bits per heavy atom. The van der Waals surface area contributed by atoms with E-state index in [0.717, 1.165) is 12.8 Å². The van der Waals surface area contributed by atoms with Gasteiger partial charge in [0.1, 0.15) is 0 Å². The normalized spacial score (nSPS) is 18.7. The third kappa shape index (κ3) is 2.80. The number of hydrogen-bond donors (Lipinski definition) is 0. The van der Waals surface area contributed by atoms with Gasteiger partial charge >= 0.3 is 6.18 Å². The monoisotopic (exact) mass is 298 g/mol. The van der Waals surface area contributed by atoms with Crippen LogP contribution in [-0.4, -0.2) is 14.6 Å². The van der Waals surface area contributed by atoms with Crippen molar-refractivity contribution in [1.29, 1.82) is 0 Å². The predicted molar refractivity (Wildman–Crippen MR) is 62.0 cm³/mol. The van der Waals surface area contributed by atoms with E-state index in [9.17, 15) is 21.6 Å². The maximum atomic E-state index is 12.9. The zero-order valence-corrected chi connectivity index (χ0v) is 10.7. The molecule has 2 nitrogen and oxygen atoms in total. The van der Waals surface area contributed by atoms with Gasteiger partial charge in [0, 0.05) is 10.7 Å². The van der Waals surface area contributed by atoms with Gasteiger partial charge in [0.2, 0.25) is 9.05 Å². The molecule has 0 N–H and O–H groups in total. The summed E-state index contributed by atoms with van der Waals surface area (Å²) >= 11 is 0. The van der Waals surface area contributed by atoms with E-state index in [-0.39, 0.29) is 11.5 Å². The summed E-state index contributed by atoms with van der Waals surface area (Å²) < 4.78 is 61.1. The van der Waals surface area contributed by atoms with Crippen LogP contribution in [0.2, 0.25) is 0 Å². The molecule has 2 rings (SSSR count). The van der Waals surface area contributed by atoms with Crippen LogP contribution in [0.25, 0.3) is 0 Å². The topological polar surface area (TPSA) is 34.1 Å². The SMILES string of the molecule is O=S(=O)(Cl)C(c1ccccc1C1CC1)C(F)(F)F. The van der Waals surface area contributed by atoms with Crippen LogP contribution in [0.4, 0.5) is 13.2 Å². The quantitative estimate of drug-likeness (QED) is 0.797. The van der Waals surface area contributed by atoms with Crippen molar-refractivity contribution in [2.75, 3.05) is 0 Å². The Morgan fingerprint density at radius 2 is 1.78 bits per heavy atom. The highest BCUT2D eigenvalue weighted by molar-refractivity contribution is 8.14. The molecule has 100 valence electrons. The van der Waals surface area contributed by atoms with Crippen molar-refractivity contribution in [2.24, 2.45) is 0 Å². The van der Waals surface area contributed by atoms with Gasteiger partial charge in [-0.05, 0) is 29.9 Å². The van der Waals surface area contributed by atoms with Gasteiger partial charge in [0.15, 0.2) is 5.25 Å². The van der Waals surface area contributed by atoms with E-state index in [2.05, 4.69) is 0 Å². The molecular formula is C11H10ClF3O2S. The van der Waals surface area contributed by atoms with E-state index in [4.69, 9.17) is 10.7 Å². The zero-order valence-electron chi connectivity index (χ0n) is 9.11. The molecule has 1 aromatic carbocycles. The highest BCUT2D eigenvalue weighted by Gasteiger charge is 2.50. The summed E-state index contributed by atoms with van der Waals surface area (Å²) in [5, 5.41) is -2.65. The summed E-state index contributed by atoms with van der Waals surface area (Å²) in [5.41, 5.74) is 0.187. The first-order valence-corrected chi connectivity index (χ1v) is 7.67. The van der Waals surface area contributed by atoms with Crippen molar-refractivity contribution in [3.05, 3.63) is 35.4 Å². The third-order valence-electron chi connectivity index (χ3n) is 2.87. The summed E-state index contributed by atoms with van der Waals surface area (Å²) in [6.07, 6.45) is -3.35. The molecule has 0 heterocycles. The van der Waals surface area contributed by atoms with Gasteiger partial charge < -0.3 is 0 Å². The van der Waals surface area contributed by atoms with Gasteiger partial charge in [0.25, 0.3) is 0 Å². The summed E-state index contributed by atoms with van der Waals surface area (Å²) in [4.78, 5) is 0. The minimum Gasteiger partial charge on any atom is -0.211 e.